The van der Waals surface area contributed by atoms with Crippen LogP contribution < -0.4 is 5.73 Å². The molecule has 112 valence electrons. The molecule has 20 heavy (non-hydrogen) atoms. The van der Waals surface area contributed by atoms with Crippen LogP contribution in [0.15, 0.2) is 24.3 Å². The standard InChI is InChI=1S/C17H28N2O/c1-13-4-3-11-19(17(13)12-18)14(2)5-6-15-7-9-16(20)10-8-15/h7-10,13-14,17,20H,3-6,11-12,18H2,1-2H3. The first-order valence-corrected chi connectivity index (χ1v) is 7.85. The van der Waals surface area contributed by atoms with E-state index >= 15 is 0 Å². The molecule has 1 saturated heterocycles. The Morgan fingerprint density at radius 3 is 2.70 bits per heavy atom. The van der Waals surface area contributed by atoms with Gasteiger partial charge in [0.05, 0.1) is 0 Å². The van der Waals surface area contributed by atoms with E-state index in [-0.39, 0.29) is 0 Å². The van der Waals surface area contributed by atoms with Crippen molar-refractivity contribution in [3.63, 3.8) is 0 Å². The van der Waals surface area contributed by atoms with Crippen LogP contribution in [-0.4, -0.2) is 35.2 Å². The SMILES string of the molecule is CC1CCCN(C(C)CCc2ccc(O)cc2)C1CN. The molecule has 0 bridgehead atoms. The van der Waals surface area contributed by atoms with Crippen LogP contribution in [0.25, 0.3) is 0 Å². The van der Waals surface area contributed by atoms with Gasteiger partial charge in [0.15, 0.2) is 0 Å². The first-order valence-electron chi connectivity index (χ1n) is 7.85. The molecule has 1 aromatic carbocycles. The van der Waals surface area contributed by atoms with Gasteiger partial charge in [0.1, 0.15) is 5.75 Å². The van der Waals surface area contributed by atoms with Crippen LogP contribution in [0.5, 0.6) is 5.75 Å². The summed E-state index contributed by atoms with van der Waals surface area (Å²) in [6, 6.07) is 8.68. The summed E-state index contributed by atoms with van der Waals surface area (Å²) in [4.78, 5) is 2.61. The zero-order chi connectivity index (χ0) is 14.5. The first-order chi connectivity index (χ1) is 9.61. The zero-order valence-electron chi connectivity index (χ0n) is 12.8. The molecular weight excluding hydrogens is 248 g/mol. The van der Waals surface area contributed by atoms with Crippen molar-refractivity contribution in [2.24, 2.45) is 11.7 Å². The third-order valence-electron chi connectivity index (χ3n) is 4.75. The zero-order valence-corrected chi connectivity index (χ0v) is 12.8. The molecule has 1 aliphatic heterocycles. The number of phenolic OH excluding ortho intramolecular Hbond substituents is 1. The van der Waals surface area contributed by atoms with Gasteiger partial charge in [-0.05, 0) is 62.8 Å². The van der Waals surface area contributed by atoms with Crippen molar-refractivity contribution >= 4 is 0 Å². The highest BCUT2D eigenvalue weighted by atomic mass is 16.3. The predicted molar refractivity (Wildman–Crippen MR) is 83.8 cm³/mol. The number of aryl methyl sites for hydroxylation is 1. The summed E-state index contributed by atoms with van der Waals surface area (Å²) >= 11 is 0. The molecule has 3 nitrogen and oxygen atoms in total. The molecule has 3 unspecified atom stereocenters. The van der Waals surface area contributed by atoms with Gasteiger partial charge in [0.2, 0.25) is 0 Å². The molecule has 2 rings (SSSR count). The number of phenols is 1. The third kappa shape index (κ3) is 3.74. The minimum atomic E-state index is 0.342. The summed E-state index contributed by atoms with van der Waals surface area (Å²) in [7, 11) is 0. The molecule has 1 heterocycles. The fourth-order valence-electron chi connectivity index (χ4n) is 3.40. The predicted octanol–water partition coefficient (Wildman–Crippen LogP) is 2.77. The second-order valence-electron chi connectivity index (χ2n) is 6.21. The van der Waals surface area contributed by atoms with Crippen molar-refractivity contribution in [1.82, 2.24) is 4.90 Å². The second-order valence-corrected chi connectivity index (χ2v) is 6.21. The molecule has 0 aromatic heterocycles. The van der Waals surface area contributed by atoms with E-state index in [2.05, 4.69) is 18.7 Å². The molecular formula is C17H28N2O. The summed E-state index contributed by atoms with van der Waals surface area (Å²) in [6.07, 6.45) is 4.81. The molecule has 0 amide bonds. The van der Waals surface area contributed by atoms with E-state index in [9.17, 15) is 5.11 Å². The Hall–Kier alpha value is -1.06. The minimum Gasteiger partial charge on any atom is -0.508 e. The Kier molecular flexibility index (Phi) is 5.44. The van der Waals surface area contributed by atoms with E-state index < -0.39 is 0 Å². The Bertz CT molecular complexity index is 404. The molecule has 3 atom stereocenters. The highest BCUT2D eigenvalue weighted by Crippen LogP contribution is 2.26. The molecule has 0 spiro atoms. The number of benzene rings is 1. The molecule has 1 aliphatic rings. The van der Waals surface area contributed by atoms with E-state index in [4.69, 9.17) is 5.73 Å². The van der Waals surface area contributed by atoms with Crippen LogP contribution in [-0.2, 0) is 6.42 Å². The molecule has 3 heteroatoms. The van der Waals surface area contributed by atoms with Crippen LogP contribution >= 0.6 is 0 Å². The van der Waals surface area contributed by atoms with Crippen LogP contribution in [0.1, 0.15) is 38.7 Å². The quantitative estimate of drug-likeness (QED) is 0.869. The molecule has 3 N–H and O–H groups in total. The summed E-state index contributed by atoms with van der Waals surface area (Å²) < 4.78 is 0. The fraction of sp³-hybridized carbons (Fsp3) is 0.647. The number of piperidine rings is 1. The third-order valence-corrected chi connectivity index (χ3v) is 4.75. The normalized spacial score (nSPS) is 25.6. The van der Waals surface area contributed by atoms with Crippen molar-refractivity contribution < 1.29 is 5.11 Å². The first kappa shape index (κ1) is 15.3. The van der Waals surface area contributed by atoms with Crippen molar-refractivity contribution in [1.29, 1.82) is 0 Å². The summed E-state index contributed by atoms with van der Waals surface area (Å²) in [5.74, 6) is 1.06. The van der Waals surface area contributed by atoms with E-state index in [1.807, 2.05) is 12.1 Å². The lowest BCUT2D eigenvalue weighted by Crippen LogP contribution is -2.52. The molecule has 0 saturated carbocycles. The summed E-state index contributed by atoms with van der Waals surface area (Å²) in [5.41, 5.74) is 7.27. The van der Waals surface area contributed by atoms with Gasteiger partial charge in [-0.25, -0.2) is 0 Å². The second kappa shape index (κ2) is 7.09. The Labute approximate surface area is 122 Å². The number of hydrogen-bond acceptors (Lipinski definition) is 3. The van der Waals surface area contributed by atoms with Gasteiger partial charge in [-0.2, -0.15) is 0 Å². The number of hydrogen-bond donors (Lipinski definition) is 2. The van der Waals surface area contributed by atoms with Gasteiger partial charge in [-0.3, -0.25) is 4.90 Å². The van der Waals surface area contributed by atoms with Crippen LogP contribution in [0.3, 0.4) is 0 Å². The molecule has 0 aliphatic carbocycles. The largest absolute Gasteiger partial charge is 0.508 e. The fourth-order valence-corrected chi connectivity index (χ4v) is 3.40. The maximum Gasteiger partial charge on any atom is 0.115 e. The number of nitrogens with two attached hydrogens (primary N) is 1. The Morgan fingerprint density at radius 1 is 1.35 bits per heavy atom. The number of aromatic hydroxyl groups is 1. The lowest BCUT2D eigenvalue weighted by atomic mass is 9.89. The topological polar surface area (TPSA) is 49.5 Å². The van der Waals surface area contributed by atoms with Crippen molar-refractivity contribution in [2.75, 3.05) is 13.1 Å². The number of likely N-dealkylation sites (tertiary alicyclic amines) is 1. The van der Waals surface area contributed by atoms with E-state index in [1.165, 1.54) is 24.9 Å². The van der Waals surface area contributed by atoms with Crippen molar-refractivity contribution in [2.45, 2.75) is 51.6 Å². The maximum absolute atomic E-state index is 9.31. The van der Waals surface area contributed by atoms with Gasteiger partial charge in [-0.15, -0.1) is 0 Å². The minimum absolute atomic E-state index is 0.342. The Balaban J connectivity index is 1.90. The highest BCUT2D eigenvalue weighted by molar-refractivity contribution is 5.25. The van der Waals surface area contributed by atoms with Gasteiger partial charge >= 0.3 is 0 Å². The summed E-state index contributed by atoms with van der Waals surface area (Å²) in [6.45, 7) is 6.60. The lowest BCUT2D eigenvalue weighted by Gasteiger charge is -2.43. The highest BCUT2D eigenvalue weighted by Gasteiger charge is 2.30. The average Bonchev–Trinajstić information content (AvgIpc) is 2.46. The summed E-state index contributed by atoms with van der Waals surface area (Å²) in [5, 5.41) is 9.31. The maximum atomic E-state index is 9.31. The molecule has 0 radical (unpaired) electrons. The van der Waals surface area contributed by atoms with Crippen LogP contribution in [0.2, 0.25) is 0 Å². The lowest BCUT2D eigenvalue weighted by molar-refractivity contribution is 0.0658. The van der Waals surface area contributed by atoms with E-state index in [1.54, 1.807) is 12.1 Å². The van der Waals surface area contributed by atoms with Crippen molar-refractivity contribution in [3.8, 4) is 5.75 Å². The van der Waals surface area contributed by atoms with Crippen LogP contribution in [0.4, 0.5) is 0 Å². The van der Waals surface area contributed by atoms with E-state index in [0.29, 0.717) is 23.8 Å². The Morgan fingerprint density at radius 2 is 2.05 bits per heavy atom. The van der Waals surface area contributed by atoms with Crippen LogP contribution in [0, 0.1) is 5.92 Å². The van der Waals surface area contributed by atoms with Crippen molar-refractivity contribution in [3.05, 3.63) is 29.8 Å². The number of rotatable bonds is 5. The molecule has 1 fully saturated rings. The van der Waals surface area contributed by atoms with E-state index in [0.717, 1.165) is 19.4 Å². The van der Waals surface area contributed by atoms with Gasteiger partial charge in [0, 0.05) is 18.6 Å². The average molecular weight is 276 g/mol. The monoisotopic (exact) mass is 276 g/mol. The van der Waals surface area contributed by atoms with Gasteiger partial charge < -0.3 is 10.8 Å². The smallest absolute Gasteiger partial charge is 0.115 e. The molecule has 1 aromatic rings. The van der Waals surface area contributed by atoms with Gasteiger partial charge in [-0.1, -0.05) is 19.1 Å². The van der Waals surface area contributed by atoms with Gasteiger partial charge in [0.25, 0.3) is 0 Å². The number of nitrogens with zero attached hydrogens (tertiary/aromatic N) is 1.